The molecular weight excluding hydrogens is 292 g/mol. The number of hydrogen-bond donors (Lipinski definition) is 0. The molecule has 2 rings (SSSR count). The molecule has 1 atom stereocenters. The molecule has 2 aromatic rings. The molecule has 0 radical (unpaired) electrons. The van der Waals surface area contributed by atoms with Crippen molar-refractivity contribution in [2.75, 3.05) is 0 Å². The lowest BCUT2D eigenvalue weighted by Crippen LogP contribution is -2.21. The van der Waals surface area contributed by atoms with Crippen LogP contribution in [0.2, 0.25) is 0 Å². The van der Waals surface area contributed by atoms with Crippen LogP contribution in [0.5, 0.6) is 5.75 Å². The number of rotatable bonds is 6. The Morgan fingerprint density at radius 2 is 1.57 bits per heavy atom. The molecule has 0 saturated carbocycles. The molecule has 0 N–H and O–H groups in total. The average molecular weight is 314 g/mol. The summed E-state index contributed by atoms with van der Waals surface area (Å²) in [4.78, 5) is 23.5. The topological polar surface area (TPSA) is 52.6 Å². The van der Waals surface area contributed by atoms with Crippen molar-refractivity contribution in [3.05, 3.63) is 42.5 Å². The van der Waals surface area contributed by atoms with E-state index in [-0.39, 0.29) is 30.8 Å². The summed E-state index contributed by atoms with van der Waals surface area (Å²) in [6.07, 6.45) is -0.112. The zero-order valence-electron chi connectivity index (χ0n) is 13.7. The van der Waals surface area contributed by atoms with Crippen LogP contribution in [-0.2, 0) is 14.3 Å². The fourth-order valence-electron chi connectivity index (χ4n) is 2.02. The Balaban J connectivity index is 1.85. The van der Waals surface area contributed by atoms with Crippen molar-refractivity contribution in [3.63, 3.8) is 0 Å². The molecule has 0 saturated heterocycles. The van der Waals surface area contributed by atoms with Gasteiger partial charge < -0.3 is 9.47 Å². The van der Waals surface area contributed by atoms with Crippen molar-refractivity contribution in [1.29, 1.82) is 0 Å². The molecule has 4 heteroatoms. The van der Waals surface area contributed by atoms with E-state index < -0.39 is 5.97 Å². The van der Waals surface area contributed by atoms with Crippen molar-refractivity contribution in [1.82, 2.24) is 0 Å². The maximum Gasteiger partial charge on any atom is 0.311 e. The van der Waals surface area contributed by atoms with Gasteiger partial charge >= 0.3 is 11.9 Å². The van der Waals surface area contributed by atoms with Crippen molar-refractivity contribution in [3.8, 4) is 5.75 Å². The van der Waals surface area contributed by atoms with Gasteiger partial charge in [-0.25, -0.2) is 0 Å². The van der Waals surface area contributed by atoms with Crippen LogP contribution in [0.15, 0.2) is 42.5 Å². The molecule has 2 aromatic carbocycles. The maximum absolute atomic E-state index is 11.8. The summed E-state index contributed by atoms with van der Waals surface area (Å²) in [7, 11) is 0. The standard InChI is InChI=1S/C19H22O4/c1-13(2)14(3)22-18(20)10-11-19(21)23-17-9-8-15-6-4-5-7-16(15)12-17/h4-9,12-14H,10-11H2,1-3H3. The molecule has 122 valence electrons. The monoisotopic (exact) mass is 314 g/mol. The molecule has 0 spiro atoms. The molecule has 0 bridgehead atoms. The number of carbonyl (C=O) groups is 2. The van der Waals surface area contributed by atoms with Gasteiger partial charge in [-0.1, -0.05) is 44.2 Å². The van der Waals surface area contributed by atoms with Gasteiger partial charge in [0.15, 0.2) is 0 Å². The molecule has 0 heterocycles. The summed E-state index contributed by atoms with van der Waals surface area (Å²) < 4.78 is 10.5. The quantitative estimate of drug-likeness (QED) is 0.594. The molecular formula is C19H22O4. The molecule has 0 aromatic heterocycles. The Hall–Kier alpha value is -2.36. The fourth-order valence-corrected chi connectivity index (χ4v) is 2.02. The Morgan fingerprint density at radius 3 is 2.26 bits per heavy atom. The lowest BCUT2D eigenvalue weighted by atomic mass is 10.1. The predicted octanol–water partition coefficient (Wildman–Crippen LogP) is 4.11. The minimum Gasteiger partial charge on any atom is -0.462 e. The number of carbonyl (C=O) groups excluding carboxylic acids is 2. The number of fused-ring (bicyclic) bond motifs is 1. The van der Waals surface area contributed by atoms with Gasteiger partial charge in [0.1, 0.15) is 11.9 Å². The van der Waals surface area contributed by atoms with Crippen LogP contribution in [0.25, 0.3) is 10.8 Å². The van der Waals surface area contributed by atoms with Gasteiger partial charge in [-0.15, -0.1) is 0 Å². The van der Waals surface area contributed by atoms with Gasteiger partial charge in [-0.05, 0) is 35.7 Å². The van der Waals surface area contributed by atoms with Crippen LogP contribution in [0.3, 0.4) is 0 Å². The second kappa shape index (κ2) is 7.77. The summed E-state index contributed by atoms with van der Waals surface area (Å²) >= 11 is 0. The molecule has 0 fully saturated rings. The minimum absolute atomic E-state index is 0.0104. The van der Waals surface area contributed by atoms with Gasteiger partial charge in [-0.3, -0.25) is 9.59 Å². The van der Waals surface area contributed by atoms with Crippen molar-refractivity contribution in [2.45, 2.75) is 39.7 Å². The lowest BCUT2D eigenvalue weighted by molar-refractivity contribution is -0.152. The van der Waals surface area contributed by atoms with Crippen LogP contribution in [0.1, 0.15) is 33.6 Å². The Labute approximate surface area is 136 Å². The number of benzene rings is 2. The second-order valence-electron chi connectivity index (χ2n) is 5.92. The van der Waals surface area contributed by atoms with E-state index in [1.807, 2.05) is 57.2 Å². The molecule has 0 amide bonds. The molecule has 1 unspecified atom stereocenters. The zero-order valence-corrected chi connectivity index (χ0v) is 13.7. The smallest absolute Gasteiger partial charge is 0.311 e. The van der Waals surface area contributed by atoms with Crippen LogP contribution in [0.4, 0.5) is 0 Å². The van der Waals surface area contributed by atoms with E-state index in [1.165, 1.54) is 0 Å². The zero-order chi connectivity index (χ0) is 16.8. The highest BCUT2D eigenvalue weighted by atomic mass is 16.5. The third-order valence-corrected chi connectivity index (χ3v) is 3.74. The Bertz CT molecular complexity index is 691. The maximum atomic E-state index is 11.8. The third kappa shape index (κ3) is 5.09. The number of hydrogen-bond acceptors (Lipinski definition) is 4. The molecule has 0 aliphatic carbocycles. The Kier molecular flexibility index (Phi) is 5.74. The minimum atomic E-state index is -0.436. The van der Waals surface area contributed by atoms with Crippen molar-refractivity contribution < 1.29 is 19.1 Å². The summed E-state index contributed by atoms with van der Waals surface area (Å²) in [5, 5.41) is 2.08. The first-order chi connectivity index (χ1) is 11.0. The first-order valence-corrected chi connectivity index (χ1v) is 7.84. The largest absolute Gasteiger partial charge is 0.462 e. The van der Waals surface area contributed by atoms with Gasteiger partial charge in [0.2, 0.25) is 0 Å². The summed E-state index contributed by atoms with van der Waals surface area (Å²) in [6, 6.07) is 13.3. The highest BCUT2D eigenvalue weighted by Gasteiger charge is 2.15. The third-order valence-electron chi connectivity index (χ3n) is 3.74. The van der Waals surface area contributed by atoms with Crippen molar-refractivity contribution in [2.24, 2.45) is 5.92 Å². The SMILES string of the molecule is CC(C)C(C)OC(=O)CCC(=O)Oc1ccc2ccccc2c1. The summed E-state index contributed by atoms with van der Waals surface area (Å²) in [6.45, 7) is 5.80. The first-order valence-electron chi connectivity index (χ1n) is 7.84. The molecule has 0 aliphatic rings. The summed E-state index contributed by atoms with van der Waals surface area (Å²) in [5.74, 6) is -0.0720. The summed E-state index contributed by atoms with van der Waals surface area (Å²) in [5.41, 5.74) is 0. The Morgan fingerprint density at radius 1 is 0.913 bits per heavy atom. The first kappa shape index (κ1) is 17.0. The van der Waals surface area contributed by atoms with Crippen LogP contribution in [0, 0.1) is 5.92 Å². The van der Waals surface area contributed by atoms with E-state index in [9.17, 15) is 9.59 Å². The highest BCUT2D eigenvalue weighted by Crippen LogP contribution is 2.21. The fraction of sp³-hybridized carbons (Fsp3) is 0.368. The van der Waals surface area contributed by atoms with Gasteiger partial charge in [0.25, 0.3) is 0 Å². The second-order valence-corrected chi connectivity index (χ2v) is 5.92. The highest BCUT2D eigenvalue weighted by molar-refractivity contribution is 5.85. The van der Waals surface area contributed by atoms with Gasteiger partial charge in [0, 0.05) is 0 Å². The van der Waals surface area contributed by atoms with E-state index in [2.05, 4.69) is 0 Å². The predicted molar refractivity (Wildman–Crippen MR) is 89.2 cm³/mol. The van der Waals surface area contributed by atoms with E-state index in [0.717, 1.165) is 10.8 Å². The van der Waals surface area contributed by atoms with Crippen LogP contribution < -0.4 is 4.74 Å². The average Bonchev–Trinajstić information content (AvgIpc) is 2.52. The molecule has 0 aliphatic heterocycles. The van der Waals surface area contributed by atoms with E-state index in [1.54, 1.807) is 6.07 Å². The normalized spacial score (nSPS) is 12.2. The van der Waals surface area contributed by atoms with Crippen molar-refractivity contribution >= 4 is 22.7 Å². The number of esters is 2. The number of ether oxygens (including phenoxy) is 2. The molecule has 4 nitrogen and oxygen atoms in total. The van der Waals surface area contributed by atoms with Crippen LogP contribution >= 0.6 is 0 Å². The van der Waals surface area contributed by atoms with E-state index in [4.69, 9.17) is 9.47 Å². The van der Waals surface area contributed by atoms with Gasteiger partial charge in [-0.2, -0.15) is 0 Å². The van der Waals surface area contributed by atoms with E-state index in [0.29, 0.717) is 5.75 Å². The van der Waals surface area contributed by atoms with Crippen LogP contribution in [-0.4, -0.2) is 18.0 Å². The lowest BCUT2D eigenvalue weighted by Gasteiger charge is -2.16. The van der Waals surface area contributed by atoms with Gasteiger partial charge in [0.05, 0.1) is 12.8 Å². The van der Waals surface area contributed by atoms with E-state index >= 15 is 0 Å². The molecule has 23 heavy (non-hydrogen) atoms.